The van der Waals surface area contributed by atoms with E-state index < -0.39 is 0 Å². The summed E-state index contributed by atoms with van der Waals surface area (Å²) in [6.07, 6.45) is 3.18. The summed E-state index contributed by atoms with van der Waals surface area (Å²) in [6, 6.07) is 8.83. The minimum atomic E-state index is 0.403. The number of carbonyl (C=O) groups is 1. The van der Waals surface area contributed by atoms with Gasteiger partial charge in [0.05, 0.1) is 0 Å². The third-order valence-corrected chi connectivity index (χ3v) is 3.78. The van der Waals surface area contributed by atoms with E-state index in [2.05, 4.69) is 43.1 Å². The van der Waals surface area contributed by atoms with E-state index in [0.717, 1.165) is 38.9 Å². The lowest BCUT2D eigenvalue weighted by atomic mass is 10.0. The molecule has 2 rings (SSSR count). The number of hydrogen-bond acceptors (Lipinski definition) is 2. The molecule has 0 radical (unpaired) electrons. The van der Waals surface area contributed by atoms with Crippen molar-refractivity contribution in [2.75, 3.05) is 20.1 Å². The number of nitrogens with zero attached hydrogens (tertiary/aromatic N) is 2. The van der Waals surface area contributed by atoms with Gasteiger partial charge in [-0.3, -0.25) is 4.79 Å². The molecule has 3 heteroatoms. The zero-order valence-corrected chi connectivity index (χ0v) is 11.3. The smallest absolute Gasteiger partial charge is 0.210 e. The Morgan fingerprint density at radius 1 is 1.28 bits per heavy atom. The number of amides is 1. The lowest BCUT2D eigenvalue weighted by molar-refractivity contribution is -0.121. The molecule has 1 aromatic carbocycles. The number of carbonyl (C=O) groups excluding carboxylic acids is 1. The Labute approximate surface area is 109 Å². The van der Waals surface area contributed by atoms with E-state index in [-0.39, 0.29) is 0 Å². The van der Waals surface area contributed by atoms with E-state index in [0.29, 0.717) is 6.04 Å². The summed E-state index contributed by atoms with van der Waals surface area (Å²) in [7, 11) is 2.14. The van der Waals surface area contributed by atoms with Gasteiger partial charge >= 0.3 is 0 Å². The molecule has 1 heterocycles. The van der Waals surface area contributed by atoms with Gasteiger partial charge in [0.15, 0.2) is 0 Å². The van der Waals surface area contributed by atoms with Crippen LogP contribution in [0, 0.1) is 6.92 Å². The van der Waals surface area contributed by atoms with E-state index in [1.165, 1.54) is 11.1 Å². The van der Waals surface area contributed by atoms with Crippen LogP contribution in [0.3, 0.4) is 0 Å². The van der Waals surface area contributed by atoms with Crippen molar-refractivity contribution in [1.29, 1.82) is 0 Å². The molecular weight excluding hydrogens is 224 g/mol. The molecule has 0 aliphatic carbocycles. The molecule has 18 heavy (non-hydrogen) atoms. The largest absolute Gasteiger partial charge is 0.338 e. The highest BCUT2D eigenvalue weighted by molar-refractivity contribution is 5.48. The first-order chi connectivity index (χ1) is 8.69. The predicted octanol–water partition coefficient (Wildman–Crippen LogP) is 2.05. The fourth-order valence-corrected chi connectivity index (χ4v) is 2.48. The number of likely N-dealkylation sites (tertiary alicyclic amines) is 1. The fourth-order valence-electron chi connectivity index (χ4n) is 2.48. The van der Waals surface area contributed by atoms with E-state index in [9.17, 15) is 4.79 Å². The molecule has 1 fully saturated rings. The summed E-state index contributed by atoms with van der Waals surface area (Å²) in [4.78, 5) is 15.6. The van der Waals surface area contributed by atoms with Crippen LogP contribution >= 0.6 is 0 Å². The van der Waals surface area contributed by atoms with Crippen LogP contribution in [-0.4, -0.2) is 42.4 Å². The summed E-state index contributed by atoms with van der Waals surface area (Å²) in [5, 5.41) is 0. The second-order valence-corrected chi connectivity index (χ2v) is 5.30. The van der Waals surface area contributed by atoms with Crippen molar-refractivity contribution in [2.24, 2.45) is 0 Å². The Kier molecular flexibility index (Phi) is 4.37. The Bertz CT molecular complexity index is 380. The lowest BCUT2D eigenvalue weighted by Gasteiger charge is -2.35. The summed E-state index contributed by atoms with van der Waals surface area (Å²) >= 11 is 0. The Morgan fingerprint density at radius 3 is 2.44 bits per heavy atom. The van der Waals surface area contributed by atoms with Crippen molar-refractivity contribution < 1.29 is 4.79 Å². The first-order valence-electron chi connectivity index (χ1n) is 6.64. The van der Waals surface area contributed by atoms with Gasteiger partial charge < -0.3 is 9.80 Å². The average Bonchev–Trinajstić information content (AvgIpc) is 2.39. The molecule has 1 amide bonds. The molecular formula is C15H22N2O. The molecule has 0 unspecified atom stereocenters. The zero-order valence-electron chi connectivity index (χ0n) is 11.3. The van der Waals surface area contributed by atoms with Gasteiger partial charge in [0.25, 0.3) is 0 Å². The van der Waals surface area contributed by atoms with Crippen LogP contribution in [0.2, 0.25) is 0 Å². The molecule has 98 valence electrons. The van der Waals surface area contributed by atoms with Crippen molar-refractivity contribution in [1.82, 2.24) is 9.80 Å². The normalized spacial score (nSPS) is 17.7. The SMILES string of the molecule is Cc1ccc(CN(C=O)C2CCN(C)CC2)cc1. The monoisotopic (exact) mass is 246 g/mol. The third-order valence-electron chi connectivity index (χ3n) is 3.78. The maximum absolute atomic E-state index is 11.3. The van der Waals surface area contributed by atoms with Crippen molar-refractivity contribution >= 4 is 6.41 Å². The molecule has 0 spiro atoms. The first kappa shape index (κ1) is 13.1. The predicted molar refractivity (Wildman–Crippen MR) is 73.3 cm³/mol. The van der Waals surface area contributed by atoms with Gasteiger partial charge in [-0.2, -0.15) is 0 Å². The number of hydrogen-bond donors (Lipinski definition) is 0. The van der Waals surface area contributed by atoms with Crippen LogP contribution in [0.25, 0.3) is 0 Å². The maximum atomic E-state index is 11.3. The van der Waals surface area contributed by atoms with Crippen molar-refractivity contribution in [2.45, 2.75) is 32.4 Å². The average molecular weight is 246 g/mol. The summed E-state index contributed by atoms with van der Waals surface area (Å²) in [5.41, 5.74) is 2.47. The standard InChI is InChI=1S/C15H22N2O/c1-13-3-5-14(6-4-13)11-17(12-18)15-7-9-16(2)10-8-15/h3-6,12,15H,7-11H2,1-2H3. The number of aryl methyl sites for hydroxylation is 1. The highest BCUT2D eigenvalue weighted by Gasteiger charge is 2.21. The number of benzene rings is 1. The maximum Gasteiger partial charge on any atom is 0.210 e. The van der Waals surface area contributed by atoms with Crippen LogP contribution < -0.4 is 0 Å². The first-order valence-corrected chi connectivity index (χ1v) is 6.64. The second-order valence-electron chi connectivity index (χ2n) is 5.30. The number of piperidine rings is 1. The van der Waals surface area contributed by atoms with Gasteiger partial charge in [-0.1, -0.05) is 29.8 Å². The Morgan fingerprint density at radius 2 is 1.89 bits per heavy atom. The molecule has 1 aliphatic heterocycles. The fraction of sp³-hybridized carbons (Fsp3) is 0.533. The van der Waals surface area contributed by atoms with Crippen molar-refractivity contribution in [3.05, 3.63) is 35.4 Å². The van der Waals surface area contributed by atoms with Crippen LogP contribution in [0.15, 0.2) is 24.3 Å². The van der Waals surface area contributed by atoms with Crippen molar-refractivity contribution in [3.63, 3.8) is 0 Å². The van der Waals surface area contributed by atoms with Gasteiger partial charge in [0.2, 0.25) is 6.41 Å². The number of rotatable bonds is 4. The van der Waals surface area contributed by atoms with Gasteiger partial charge in [-0.15, -0.1) is 0 Å². The zero-order chi connectivity index (χ0) is 13.0. The molecule has 0 bridgehead atoms. The van der Waals surface area contributed by atoms with Gasteiger partial charge in [0, 0.05) is 12.6 Å². The van der Waals surface area contributed by atoms with Crippen LogP contribution in [0.1, 0.15) is 24.0 Å². The molecule has 0 aromatic heterocycles. The summed E-state index contributed by atoms with van der Waals surface area (Å²) in [5.74, 6) is 0. The molecule has 0 atom stereocenters. The third kappa shape index (κ3) is 3.33. The Hall–Kier alpha value is -1.35. The molecule has 0 N–H and O–H groups in total. The van der Waals surface area contributed by atoms with E-state index in [1.807, 2.05) is 4.90 Å². The highest BCUT2D eigenvalue weighted by atomic mass is 16.1. The van der Waals surface area contributed by atoms with E-state index in [1.54, 1.807) is 0 Å². The molecule has 1 aromatic rings. The van der Waals surface area contributed by atoms with Crippen LogP contribution in [-0.2, 0) is 11.3 Å². The minimum absolute atomic E-state index is 0.403. The molecule has 1 saturated heterocycles. The van der Waals surface area contributed by atoms with E-state index in [4.69, 9.17) is 0 Å². The molecule has 3 nitrogen and oxygen atoms in total. The van der Waals surface area contributed by atoms with Gasteiger partial charge in [0.1, 0.15) is 0 Å². The quantitative estimate of drug-likeness (QED) is 0.759. The van der Waals surface area contributed by atoms with E-state index >= 15 is 0 Å². The van der Waals surface area contributed by atoms with Gasteiger partial charge in [-0.05, 0) is 45.5 Å². The van der Waals surface area contributed by atoms with Gasteiger partial charge in [-0.25, -0.2) is 0 Å². The summed E-state index contributed by atoms with van der Waals surface area (Å²) in [6.45, 7) is 4.99. The Balaban J connectivity index is 1.96. The highest BCUT2D eigenvalue weighted by Crippen LogP contribution is 2.17. The molecule has 1 aliphatic rings. The van der Waals surface area contributed by atoms with Crippen LogP contribution in [0.5, 0.6) is 0 Å². The summed E-state index contributed by atoms with van der Waals surface area (Å²) < 4.78 is 0. The molecule has 0 saturated carbocycles. The lowest BCUT2D eigenvalue weighted by Crippen LogP contribution is -2.42. The van der Waals surface area contributed by atoms with Crippen LogP contribution in [0.4, 0.5) is 0 Å². The second kappa shape index (κ2) is 6.01. The van der Waals surface area contributed by atoms with Crippen molar-refractivity contribution in [3.8, 4) is 0 Å². The topological polar surface area (TPSA) is 23.6 Å². The minimum Gasteiger partial charge on any atom is -0.338 e.